The summed E-state index contributed by atoms with van der Waals surface area (Å²) in [4.78, 5) is 0. The molecule has 1 N–H and O–H groups in total. The highest BCUT2D eigenvalue weighted by molar-refractivity contribution is 6.35. The molecular weight excluding hydrogens is 305 g/mol. The van der Waals surface area contributed by atoms with Gasteiger partial charge in [-0.25, -0.2) is 0 Å². The summed E-state index contributed by atoms with van der Waals surface area (Å²) >= 11 is 12.4. The van der Waals surface area contributed by atoms with Gasteiger partial charge in [0.25, 0.3) is 0 Å². The van der Waals surface area contributed by atoms with Crippen LogP contribution < -0.4 is 5.32 Å². The monoisotopic (exact) mass is 329 g/mol. The normalized spacial score (nSPS) is 25.7. The van der Waals surface area contributed by atoms with Gasteiger partial charge >= 0.3 is 0 Å². The number of hydrogen-bond acceptors (Lipinski definition) is 2. The highest BCUT2D eigenvalue weighted by atomic mass is 35.5. The molecule has 1 aliphatic heterocycles. The lowest BCUT2D eigenvalue weighted by atomic mass is 9.76. The molecule has 2 rings (SSSR count). The Morgan fingerprint density at radius 2 is 2.14 bits per heavy atom. The average molecular weight is 330 g/mol. The predicted molar refractivity (Wildman–Crippen MR) is 90.3 cm³/mol. The van der Waals surface area contributed by atoms with E-state index in [4.69, 9.17) is 27.9 Å². The van der Waals surface area contributed by atoms with Gasteiger partial charge in [-0.05, 0) is 49.9 Å². The Bertz CT molecular complexity index is 478. The molecule has 1 fully saturated rings. The van der Waals surface area contributed by atoms with Crippen LogP contribution in [0.4, 0.5) is 0 Å². The lowest BCUT2D eigenvalue weighted by Crippen LogP contribution is -2.42. The maximum absolute atomic E-state index is 6.36. The topological polar surface area (TPSA) is 21.3 Å². The fraction of sp³-hybridized carbons (Fsp3) is 0.647. The minimum atomic E-state index is 0.117. The Balaban J connectivity index is 2.12. The molecule has 1 aliphatic rings. The van der Waals surface area contributed by atoms with E-state index >= 15 is 0 Å². The summed E-state index contributed by atoms with van der Waals surface area (Å²) in [5.41, 5.74) is 1.27. The molecule has 1 heterocycles. The van der Waals surface area contributed by atoms with Gasteiger partial charge in [-0.1, -0.05) is 43.1 Å². The van der Waals surface area contributed by atoms with Crippen LogP contribution in [-0.4, -0.2) is 25.8 Å². The molecule has 1 aromatic carbocycles. The number of nitrogens with one attached hydrogen (secondary N) is 1. The van der Waals surface area contributed by atoms with Crippen molar-refractivity contribution in [2.24, 2.45) is 11.3 Å². The summed E-state index contributed by atoms with van der Waals surface area (Å²) in [5, 5.41) is 5.04. The van der Waals surface area contributed by atoms with Gasteiger partial charge in [0.2, 0.25) is 0 Å². The molecule has 1 saturated heterocycles. The summed E-state index contributed by atoms with van der Waals surface area (Å²) in [7, 11) is 0. The maximum Gasteiger partial charge on any atom is 0.0619 e. The van der Waals surface area contributed by atoms with E-state index in [-0.39, 0.29) is 11.5 Å². The van der Waals surface area contributed by atoms with Crippen molar-refractivity contribution < 1.29 is 4.74 Å². The summed E-state index contributed by atoms with van der Waals surface area (Å²) in [6.07, 6.45) is 2.23. The van der Waals surface area contributed by atoms with Crippen LogP contribution in [0.1, 0.15) is 32.8 Å². The van der Waals surface area contributed by atoms with Gasteiger partial charge in [0.1, 0.15) is 0 Å². The molecule has 2 atom stereocenters. The number of ether oxygens (including phenoxy) is 1. The van der Waals surface area contributed by atoms with Gasteiger partial charge in [-0.15, -0.1) is 0 Å². The van der Waals surface area contributed by atoms with Gasteiger partial charge in [0.05, 0.1) is 6.10 Å². The van der Waals surface area contributed by atoms with Crippen molar-refractivity contribution in [1.82, 2.24) is 5.32 Å². The van der Waals surface area contributed by atoms with E-state index in [0.29, 0.717) is 10.9 Å². The second-order valence-corrected chi connectivity index (χ2v) is 7.41. The highest BCUT2D eigenvalue weighted by Gasteiger charge is 2.41. The number of hydrogen-bond donors (Lipinski definition) is 1. The Morgan fingerprint density at radius 1 is 1.38 bits per heavy atom. The minimum Gasteiger partial charge on any atom is -0.378 e. The molecule has 0 saturated carbocycles. The van der Waals surface area contributed by atoms with E-state index in [1.54, 1.807) is 0 Å². The first-order valence-electron chi connectivity index (χ1n) is 7.69. The molecule has 0 aromatic heterocycles. The molecule has 21 heavy (non-hydrogen) atoms. The first-order valence-corrected chi connectivity index (χ1v) is 8.45. The first-order chi connectivity index (χ1) is 9.93. The lowest BCUT2D eigenvalue weighted by molar-refractivity contribution is 0.0627. The fourth-order valence-corrected chi connectivity index (χ4v) is 3.48. The molecule has 0 aliphatic carbocycles. The third kappa shape index (κ3) is 4.35. The van der Waals surface area contributed by atoms with Gasteiger partial charge in [0, 0.05) is 28.6 Å². The van der Waals surface area contributed by atoms with Crippen LogP contribution in [0.15, 0.2) is 18.2 Å². The van der Waals surface area contributed by atoms with Crippen molar-refractivity contribution in [3.05, 3.63) is 33.8 Å². The van der Waals surface area contributed by atoms with Crippen molar-refractivity contribution in [3.8, 4) is 0 Å². The molecule has 1 aromatic rings. The second kappa shape index (κ2) is 7.32. The SMILES string of the molecule is CC(C)CNCC1(Cc2ccc(Cl)cc2Cl)CCOC1C. The van der Waals surface area contributed by atoms with E-state index < -0.39 is 0 Å². The van der Waals surface area contributed by atoms with Crippen LogP contribution in [0, 0.1) is 11.3 Å². The lowest BCUT2D eigenvalue weighted by Gasteiger charge is -2.33. The number of rotatable bonds is 6. The Kier molecular flexibility index (Phi) is 5.96. The standard InChI is InChI=1S/C17H25Cl2NO/c1-12(2)10-20-11-17(6-7-21-13(17)3)9-14-4-5-15(18)8-16(14)19/h4-5,8,12-13,20H,6-7,9-11H2,1-3H3. The molecule has 2 nitrogen and oxygen atoms in total. The molecule has 0 bridgehead atoms. The Morgan fingerprint density at radius 3 is 2.71 bits per heavy atom. The van der Waals surface area contributed by atoms with Crippen LogP contribution in [0.2, 0.25) is 10.0 Å². The third-order valence-corrected chi connectivity index (χ3v) is 5.00. The van der Waals surface area contributed by atoms with Crippen LogP contribution in [0.3, 0.4) is 0 Å². The second-order valence-electron chi connectivity index (χ2n) is 6.56. The van der Waals surface area contributed by atoms with Crippen LogP contribution in [-0.2, 0) is 11.2 Å². The first kappa shape index (κ1) is 17.1. The summed E-state index contributed by atoms with van der Waals surface area (Å²) in [5.74, 6) is 0.652. The molecule has 4 heteroatoms. The smallest absolute Gasteiger partial charge is 0.0619 e. The van der Waals surface area contributed by atoms with Crippen LogP contribution >= 0.6 is 23.2 Å². The Labute approximate surface area is 138 Å². The number of benzene rings is 1. The van der Waals surface area contributed by atoms with E-state index in [1.807, 2.05) is 18.2 Å². The predicted octanol–water partition coefficient (Wildman–Crippen LogP) is 4.58. The van der Waals surface area contributed by atoms with Crippen molar-refractivity contribution in [1.29, 1.82) is 0 Å². The molecule has 0 radical (unpaired) electrons. The van der Waals surface area contributed by atoms with Crippen LogP contribution in [0.25, 0.3) is 0 Å². The molecule has 0 amide bonds. The number of halogens is 2. The molecule has 2 unspecified atom stereocenters. The fourth-order valence-electron chi connectivity index (χ4n) is 3.00. The van der Waals surface area contributed by atoms with Crippen molar-refractivity contribution in [3.63, 3.8) is 0 Å². The maximum atomic E-state index is 6.36. The van der Waals surface area contributed by atoms with E-state index in [9.17, 15) is 0 Å². The quantitative estimate of drug-likeness (QED) is 0.824. The molecular formula is C17H25Cl2NO. The zero-order chi connectivity index (χ0) is 15.5. The van der Waals surface area contributed by atoms with Gasteiger partial charge in [-0.2, -0.15) is 0 Å². The van der Waals surface area contributed by atoms with Crippen molar-refractivity contribution in [2.75, 3.05) is 19.7 Å². The molecule has 118 valence electrons. The summed E-state index contributed by atoms with van der Waals surface area (Å²) in [6, 6.07) is 5.78. The average Bonchev–Trinajstić information content (AvgIpc) is 2.74. The van der Waals surface area contributed by atoms with Crippen molar-refractivity contribution in [2.45, 2.75) is 39.7 Å². The zero-order valence-electron chi connectivity index (χ0n) is 13.1. The van der Waals surface area contributed by atoms with Gasteiger partial charge in [0.15, 0.2) is 0 Å². The Hall–Kier alpha value is -0.280. The molecule has 0 spiro atoms. The van der Waals surface area contributed by atoms with E-state index in [0.717, 1.165) is 43.1 Å². The minimum absolute atomic E-state index is 0.117. The largest absolute Gasteiger partial charge is 0.378 e. The van der Waals surface area contributed by atoms with E-state index in [2.05, 4.69) is 26.1 Å². The highest BCUT2D eigenvalue weighted by Crippen LogP contribution is 2.39. The summed E-state index contributed by atoms with van der Waals surface area (Å²) in [6.45, 7) is 9.45. The van der Waals surface area contributed by atoms with E-state index in [1.165, 1.54) is 0 Å². The summed E-state index contributed by atoms with van der Waals surface area (Å²) < 4.78 is 5.85. The van der Waals surface area contributed by atoms with Gasteiger partial charge in [-0.3, -0.25) is 0 Å². The van der Waals surface area contributed by atoms with Gasteiger partial charge < -0.3 is 10.1 Å². The van der Waals surface area contributed by atoms with Crippen LogP contribution in [0.5, 0.6) is 0 Å². The zero-order valence-corrected chi connectivity index (χ0v) is 14.6. The third-order valence-electron chi connectivity index (χ3n) is 4.42. The van der Waals surface area contributed by atoms with Crippen molar-refractivity contribution >= 4 is 23.2 Å².